The summed E-state index contributed by atoms with van der Waals surface area (Å²) in [5.41, 5.74) is 2.66. The number of amides is 1. The van der Waals surface area contributed by atoms with Gasteiger partial charge in [-0.25, -0.2) is 4.79 Å². The third-order valence-electron chi connectivity index (χ3n) is 6.78. The summed E-state index contributed by atoms with van der Waals surface area (Å²) in [6.45, 7) is 1.06. The number of nitrogens with zero attached hydrogens (tertiary/aromatic N) is 3. The minimum atomic E-state index is -0.347. The quantitative estimate of drug-likeness (QED) is 0.774. The molecule has 7 heteroatoms. The Morgan fingerprint density at radius 2 is 2.00 bits per heavy atom. The Labute approximate surface area is 183 Å². The Kier molecular flexibility index (Phi) is 6.88. The number of aromatic amines is 1. The zero-order valence-electron chi connectivity index (χ0n) is 18.0. The number of hydrogen-bond donors (Lipinski definition) is 1. The molecule has 4 rings (SSSR count). The molecule has 2 fully saturated rings. The highest BCUT2D eigenvalue weighted by molar-refractivity contribution is 5.68. The van der Waals surface area contributed by atoms with Crippen molar-refractivity contribution in [1.82, 2.24) is 15.1 Å². The molecule has 1 saturated carbocycles. The first-order valence-electron chi connectivity index (χ1n) is 11.2. The van der Waals surface area contributed by atoms with Crippen LogP contribution >= 0.6 is 0 Å². The molecule has 1 aromatic carbocycles. The number of H-pyrrole nitrogens is 1. The van der Waals surface area contributed by atoms with E-state index in [4.69, 9.17) is 9.47 Å². The van der Waals surface area contributed by atoms with Crippen molar-refractivity contribution in [2.75, 3.05) is 20.3 Å². The Morgan fingerprint density at radius 1 is 1.23 bits per heavy atom. The van der Waals surface area contributed by atoms with Crippen molar-refractivity contribution in [3.8, 4) is 6.07 Å². The van der Waals surface area contributed by atoms with Crippen LogP contribution in [-0.4, -0.2) is 53.6 Å². The number of piperidine rings is 1. The van der Waals surface area contributed by atoms with Crippen LogP contribution in [0.4, 0.5) is 4.79 Å². The van der Waals surface area contributed by atoms with Crippen molar-refractivity contribution < 1.29 is 14.3 Å². The van der Waals surface area contributed by atoms with Gasteiger partial charge in [0.1, 0.15) is 6.07 Å². The second kappa shape index (κ2) is 9.97. The first-order valence-corrected chi connectivity index (χ1v) is 11.2. The molecule has 2 atom stereocenters. The highest BCUT2D eigenvalue weighted by Crippen LogP contribution is 2.36. The number of aromatic nitrogens is 2. The standard InChI is InChI=1S/C24H30N4O3/c1-30-24(29)28-13-5-8-21(23-19(14-25)15-26-27-23)22(28)16-31-20-11-9-18(10-12-20)17-6-3-2-4-7-17/h2-4,6-7,15,18,20-22H,5,8-13,16H2,1H3,(H,26,27)/t18-,20+,21-,22-/m1/s1. The van der Waals surface area contributed by atoms with Gasteiger partial charge in [-0.3, -0.25) is 5.10 Å². The van der Waals surface area contributed by atoms with Crippen molar-refractivity contribution in [3.05, 3.63) is 53.3 Å². The van der Waals surface area contributed by atoms with E-state index in [1.165, 1.54) is 12.7 Å². The first kappa shape index (κ1) is 21.4. The molecule has 2 aromatic rings. The SMILES string of the molecule is COC(=O)N1CCC[C@@H](c2n[nH]cc2C#N)[C@H]1CO[C@H]1CC[C@@H](c2ccccc2)CC1. The molecule has 31 heavy (non-hydrogen) atoms. The van der Waals surface area contributed by atoms with E-state index in [-0.39, 0.29) is 24.2 Å². The molecule has 0 spiro atoms. The second-order valence-corrected chi connectivity index (χ2v) is 8.49. The van der Waals surface area contributed by atoms with Gasteiger partial charge < -0.3 is 14.4 Å². The van der Waals surface area contributed by atoms with E-state index in [1.807, 2.05) is 0 Å². The molecule has 0 bridgehead atoms. The van der Waals surface area contributed by atoms with Crippen LogP contribution in [0, 0.1) is 11.3 Å². The molecule has 1 amide bonds. The van der Waals surface area contributed by atoms with E-state index >= 15 is 0 Å². The van der Waals surface area contributed by atoms with E-state index in [2.05, 4.69) is 46.6 Å². The summed E-state index contributed by atoms with van der Waals surface area (Å²) in [6.07, 6.45) is 7.43. The average Bonchev–Trinajstić information content (AvgIpc) is 3.31. The van der Waals surface area contributed by atoms with Crippen LogP contribution in [0.5, 0.6) is 0 Å². The Bertz CT molecular complexity index is 899. The number of rotatable bonds is 5. The number of benzene rings is 1. The molecule has 1 aliphatic heterocycles. The number of likely N-dealkylation sites (tertiary alicyclic amines) is 1. The van der Waals surface area contributed by atoms with Gasteiger partial charge in [0.25, 0.3) is 0 Å². The Morgan fingerprint density at radius 3 is 2.71 bits per heavy atom. The van der Waals surface area contributed by atoms with Gasteiger partial charge in [-0.15, -0.1) is 0 Å². The fourth-order valence-corrected chi connectivity index (χ4v) is 5.12. The van der Waals surface area contributed by atoms with Gasteiger partial charge in [0.05, 0.1) is 37.1 Å². The number of carbonyl (C=O) groups is 1. The topological polar surface area (TPSA) is 91.2 Å². The van der Waals surface area contributed by atoms with Gasteiger partial charge in [0, 0.05) is 18.7 Å². The Balaban J connectivity index is 1.42. The van der Waals surface area contributed by atoms with Crippen LogP contribution in [0.2, 0.25) is 0 Å². The lowest BCUT2D eigenvalue weighted by Gasteiger charge is -2.40. The lowest BCUT2D eigenvalue weighted by molar-refractivity contribution is -0.0242. The fourth-order valence-electron chi connectivity index (χ4n) is 5.12. The molecule has 2 heterocycles. The van der Waals surface area contributed by atoms with Gasteiger partial charge in [-0.2, -0.15) is 10.4 Å². The van der Waals surface area contributed by atoms with E-state index < -0.39 is 0 Å². The molecule has 1 saturated heterocycles. The van der Waals surface area contributed by atoms with Crippen molar-refractivity contribution in [1.29, 1.82) is 5.26 Å². The number of nitriles is 1. The first-order chi connectivity index (χ1) is 15.2. The number of carbonyl (C=O) groups excluding carboxylic acids is 1. The molecule has 1 N–H and O–H groups in total. The fraction of sp³-hybridized carbons (Fsp3) is 0.542. The number of methoxy groups -OCH3 is 1. The molecule has 1 aliphatic carbocycles. The monoisotopic (exact) mass is 422 g/mol. The average molecular weight is 423 g/mol. The molecule has 2 aliphatic rings. The van der Waals surface area contributed by atoms with E-state index in [0.717, 1.165) is 44.2 Å². The summed E-state index contributed by atoms with van der Waals surface area (Å²) in [7, 11) is 1.41. The van der Waals surface area contributed by atoms with Crippen molar-refractivity contribution in [3.63, 3.8) is 0 Å². The van der Waals surface area contributed by atoms with Crippen LogP contribution in [-0.2, 0) is 9.47 Å². The zero-order valence-corrected chi connectivity index (χ0v) is 18.0. The molecule has 1 aromatic heterocycles. The smallest absolute Gasteiger partial charge is 0.409 e. The van der Waals surface area contributed by atoms with Crippen LogP contribution < -0.4 is 0 Å². The van der Waals surface area contributed by atoms with Crippen LogP contribution in [0.3, 0.4) is 0 Å². The summed E-state index contributed by atoms with van der Waals surface area (Å²) in [6, 6.07) is 12.7. The van der Waals surface area contributed by atoms with Gasteiger partial charge in [0.2, 0.25) is 0 Å². The largest absolute Gasteiger partial charge is 0.453 e. The Hall–Kier alpha value is -2.85. The zero-order chi connectivity index (χ0) is 21.6. The van der Waals surface area contributed by atoms with Crippen molar-refractivity contribution >= 4 is 6.09 Å². The minimum absolute atomic E-state index is 0.0468. The summed E-state index contributed by atoms with van der Waals surface area (Å²) in [5.74, 6) is 0.548. The van der Waals surface area contributed by atoms with E-state index in [9.17, 15) is 10.1 Å². The molecular weight excluding hydrogens is 392 g/mol. The third kappa shape index (κ3) is 4.75. The molecule has 0 radical (unpaired) electrons. The van der Waals surface area contributed by atoms with Gasteiger partial charge >= 0.3 is 6.09 Å². The maximum Gasteiger partial charge on any atom is 0.409 e. The van der Waals surface area contributed by atoms with Gasteiger partial charge in [-0.1, -0.05) is 30.3 Å². The third-order valence-corrected chi connectivity index (χ3v) is 6.78. The number of nitrogens with one attached hydrogen (secondary N) is 1. The number of ether oxygens (including phenoxy) is 2. The predicted octanol–water partition coefficient (Wildman–Crippen LogP) is 4.34. The summed E-state index contributed by atoms with van der Waals surface area (Å²) >= 11 is 0. The predicted molar refractivity (Wildman–Crippen MR) is 116 cm³/mol. The summed E-state index contributed by atoms with van der Waals surface area (Å²) in [5, 5.41) is 16.6. The van der Waals surface area contributed by atoms with Crippen LogP contribution in [0.15, 0.2) is 36.5 Å². The maximum absolute atomic E-state index is 12.5. The van der Waals surface area contributed by atoms with E-state index in [0.29, 0.717) is 24.6 Å². The molecular formula is C24H30N4O3. The molecule has 0 unspecified atom stereocenters. The number of hydrogen-bond acceptors (Lipinski definition) is 5. The van der Waals surface area contributed by atoms with Crippen LogP contribution in [0.1, 0.15) is 67.2 Å². The van der Waals surface area contributed by atoms with Crippen molar-refractivity contribution in [2.45, 2.75) is 62.5 Å². The van der Waals surface area contributed by atoms with Gasteiger partial charge in [0.15, 0.2) is 0 Å². The molecule has 7 nitrogen and oxygen atoms in total. The van der Waals surface area contributed by atoms with Crippen LogP contribution in [0.25, 0.3) is 0 Å². The lowest BCUT2D eigenvalue weighted by atomic mass is 9.82. The summed E-state index contributed by atoms with van der Waals surface area (Å²) < 4.78 is 11.4. The normalized spacial score (nSPS) is 26.3. The minimum Gasteiger partial charge on any atom is -0.453 e. The lowest BCUT2D eigenvalue weighted by Crippen LogP contribution is -2.50. The van der Waals surface area contributed by atoms with Crippen molar-refractivity contribution in [2.24, 2.45) is 0 Å². The van der Waals surface area contributed by atoms with Gasteiger partial charge in [-0.05, 0) is 50.0 Å². The summed E-state index contributed by atoms with van der Waals surface area (Å²) in [4.78, 5) is 14.2. The highest BCUT2D eigenvalue weighted by Gasteiger charge is 2.39. The second-order valence-electron chi connectivity index (χ2n) is 8.49. The highest BCUT2D eigenvalue weighted by atomic mass is 16.5. The van der Waals surface area contributed by atoms with E-state index in [1.54, 1.807) is 11.1 Å². The molecule has 164 valence electrons. The maximum atomic E-state index is 12.5.